The molecular formula is C32H39FNO6+. The monoisotopic (exact) mass is 552 g/mol. The maximum atomic E-state index is 15.7. The molecule has 0 bridgehead atoms. The van der Waals surface area contributed by atoms with Gasteiger partial charge in [0.15, 0.2) is 0 Å². The van der Waals surface area contributed by atoms with Gasteiger partial charge in [0.05, 0.1) is 13.2 Å². The molecule has 3 fully saturated rings. The number of ether oxygens (including phenoxy) is 2. The Hall–Kier alpha value is -3.26. The summed E-state index contributed by atoms with van der Waals surface area (Å²) in [6.45, 7) is 4.89. The largest absolute Gasteiger partial charge is 0.524 e. The third kappa shape index (κ3) is 5.78. The molecule has 2 aliphatic carbocycles. The van der Waals surface area contributed by atoms with E-state index in [9.17, 15) is 19.5 Å². The van der Waals surface area contributed by atoms with E-state index >= 15 is 4.39 Å². The lowest BCUT2D eigenvalue weighted by Gasteiger charge is -2.34. The number of carboxylic acids is 1. The topological polar surface area (TPSA) is 89.9 Å². The van der Waals surface area contributed by atoms with E-state index in [1.54, 1.807) is 24.3 Å². The third-order valence-corrected chi connectivity index (χ3v) is 8.98. The van der Waals surface area contributed by atoms with Crippen LogP contribution >= 0.6 is 0 Å². The van der Waals surface area contributed by atoms with Crippen LogP contribution in [0, 0.1) is 17.2 Å². The smallest absolute Gasteiger partial charge is 0.493 e. The first-order chi connectivity index (χ1) is 19.1. The molecule has 5 rings (SSSR count). The van der Waals surface area contributed by atoms with E-state index < -0.39 is 34.3 Å². The number of imide groups is 1. The predicted molar refractivity (Wildman–Crippen MR) is 146 cm³/mol. The normalized spacial score (nSPS) is 24.4. The zero-order valence-electron chi connectivity index (χ0n) is 23.4. The Morgan fingerprint density at radius 1 is 1.02 bits per heavy atom. The van der Waals surface area contributed by atoms with Gasteiger partial charge in [-0.15, -0.1) is 4.48 Å². The maximum absolute atomic E-state index is 15.7. The van der Waals surface area contributed by atoms with Crippen molar-refractivity contribution < 1.29 is 37.8 Å². The highest BCUT2D eigenvalue weighted by Gasteiger charge is 2.60. The van der Waals surface area contributed by atoms with Gasteiger partial charge in [-0.1, -0.05) is 44.2 Å². The second kappa shape index (κ2) is 11.3. The molecule has 0 radical (unpaired) electrons. The number of halogens is 1. The molecule has 7 nitrogen and oxygen atoms in total. The minimum absolute atomic E-state index is 0.0576. The van der Waals surface area contributed by atoms with E-state index in [4.69, 9.17) is 9.47 Å². The van der Waals surface area contributed by atoms with E-state index in [-0.39, 0.29) is 31.1 Å². The van der Waals surface area contributed by atoms with Crippen LogP contribution in [0.2, 0.25) is 0 Å². The number of quaternary nitrogens is 1. The summed E-state index contributed by atoms with van der Waals surface area (Å²) < 4.78 is 26.3. The molecule has 40 heavy (non-hydrogen) atoms. The first-order valence-corrected chi connectivity index (χ1v) is 14.4. The number of likely N-dealkylation sites (tertiary alicyclic amines) is 1. The molecule has 8 heteroatoms. The number of hydrogen-bond acceptors (Lipinski definition) is 5. The highest BCUT2D eigenvalue weighted by Crippen LogP contribution is 2.46. The van der Waals surface area contributed by atoms with Crippen LogP contribution in [-0.4, -0.2) is 46.8 Å². The molecule has 2 aromatic rings. The van der Waals surface area contributed by atoms with Crippen LogP contribution < -0.4 is 4.74 Å². The van der Waals surface area contributed by atoms with Gasteiger partial charge in [-0.3, -0.25) is 0 Å². The first kappa shape index (κ1) is 28.3. The van der Waals surface area contributed by atoms with Gasteiger partial charge < -0.3 is 14.6 Å². The van der Waals surface area contributed by atoms with Crippen LogP contribution in [0.4, 0.5) is 9.18 Å². The van der Waals surface area contributed by atoms with Gasteiger partial charge >= 0.3 is 18.0 Å². The molecule has 1 heterocycles. The van der Waals surface area contributed by atoms with Gasteiger partial charge in [0.2, 0.25) is 6.04 Å². The van der Waals surface area contributed by atoms with Crippen molar-refractivity contribution in [2.75, 3.05) is 13.2 Å². The molecular weight excluding hydrogens is 513 g/mol. The summed E-state index contributed by atoms with van der Waals surface area (Å²) in [5.41, 5.74) is 1.52. The van der Waals surface area contributed by atoms with Crippen LogP contribution in [-0.2, 0) is 16.1 Å². The Balaban J connectivity index is 1.41. The van der Waals surface area contributed by atoms with Crippen molar-refractivity contribution >= 4 is 18.0 Å². The number of hydrogen-bond donors (Lipinski definition) is 1. The zero-order chi connectivity index (χ0) is 28.5. The van der Waals surface area contributed by atoms with Gasteiger partial charge in [-0.05, 0) is 73.0 Å². The summed E-state index contributed by atoms with van der Waals surface area (Å²) in [5, 5.41) is 9.98. The summed E-state index contributed by atoms with van der Waals surface area (Å²) in [5.74, 6) is -1.96. The summed E-state index contributed by atoms with van der Waals surface area (Å²) >= 11 is 0. The molecule has 1 saturated heterocycles. The summed E-state index contributed by atoms with van der Waals surface area (Å²) in [6, 6.07) is 10.4. The molecule has 2 atom stereocenters. The number of benzene rings is 2. The standard InChI is InChI=1S/C32H38FNO6/c1-32(2)14-12-22(13-15-32)19-39-28-18-26(33)25(17-24(28)23-10-11-23)29(35)34(16-6-9-27(34)30(36)37)31(38)40-20-21-7-4-3-5-8-21/h3-5,7-8,17-18,22-23,27H,6,9-16,19-20H2,1-2H3/p+1/t27-,34?/m0/s1. The second-order valence-electron chi connectivity index (χ2n) is 12.5. The molecule has 1 unspecified atom stereocenters. The van der Waals surface area contributed by atoms with Crippen molar-refractivity contribution in [1.82, 2.24) is 0 Å². The fourth-order valence-corrected chi connectivity index (χ4v) is 6.22. The van der Waals surface area contributed by atoms with Crippen molar-refractivity contribution in [2.24, 2.45) is 11.3 Å². The van der Waals surface area contributed by atoms with E-state index in [0.717, 1.165) is 44.1 Å². The molecule has 2 aromatic carbocycles. The van der Waals surface area contributed by atoms with Gasteiger partial charge in [0.25, 0.3) is 0 Å². The second-order valence-corrected chi connectivity index (χ2v) is 12.5. The lowest BCUT2D eigenvalue weighted by Crippen LogP contribution is -2.62. The fourth-order valence-electron chi connectivity index (χ4n) is 6.22. The fraction of sp³-hybridized carbons (Fsp3) is 0.531. The average Bonchev–Trinajstić information content (AvgIpc) is 3.68. The Morgan fingerprint density at radius 2 is 1.73 bits per heavy atom. The van der Waals surface area contributed by atoms with Crippen molar-refractivity contribution in [3.63, 3.8) is 0 Å². The summed E-state index contributed by atoms with van der Waals surface area (Å²) in [7, 11) is 0. The molecule has 0 spiro atoms. The Kier molecular flexibility index (Phi) is 8.00. The molecule has 1 N–H and O–H groups in total. The summed E-state index contributed by atoms with van der Waals surface area (Å²) in [6.07, 6.45) is 5.68. The van der Waals surface area contributed by atoms with Gasteiger partial charge in [0.1, 0.15) is 23.7 Å². The van der Waals surface area contributed by atoms with Crippen LogP contribution in [0.15, 0.2) is 42.5 Å². The number of amides is 2. The number of carboxylic acid groups (broad SMARTS) is 1. The minimum atomic E-state index is -1.34. The molecule has 3 aliphatic rings. The summed E-state index contributed by atoms with van der Waals surface area (Å²) in [4.78, 5) is 39.8. The number of aliphatic carboxylic acids is 1. The third-order valence-electron chi connectivity index (χ3n) is 8.98. The molecule has 2 amide bonds. The Labute approximate surface area is 234 Å². The zero-order valence-corrected chi connectivity index (χ0v) is 23.4. The van der Waals surface area contributed by atoms with E-state index in [1.165, 1.54) is 12.1 Å². The van der Waals surface area contributed by atoms with Crippen LogP contribution in [0.5, 0.6) is 5.75 Å². The van der Waals surface area contributed by atoms with Crippen LogP contribution in [0.3, 0.4) is 0 Å². The van der Waals surface area contributed by atoms with Crippen molar-refractivity contribution in [1.29, 1.82) is 0 Å². The van der Waals surface area contributed by atoms with Gasteiger partial charge in [0, 0.05) is 18.9 Å². The van der Waals surface area contributed by atoms with Crippen molar-refractivity contribution in [3.8, 4) is 5.75 Å². The van der Waals surface area contributed by atoms with Gasteiger partial charge in [-0.25, -0.2) is 14.0 Å². The highest BCUT2D eigenvalue weighted by atomic mass is 19.1. The predicted octanol–water partition coefficient (Wildman–Crippen LogP) is 6.84. The Morgan fingerprint density at radius 3 is 2.38 bits per heavy atom. The highest BCUT2D eigenvalue weighted by molar-refractivity contribution is 5.97. The quantitative estimate of drug-likeness (QED) is 0.361. The molecule has 214 valence electrons. The van der Waals surface area contributed by atoms with Crippen LogP contribution in [0.25, 0.3) is 0 Å². The van der Waals surface area contributed by atoms with Gasteiger partial charge in [-0.2, -0.15) is 4.79 Å². The lowest BCUT2D eigenvalue weighted by atomic mass is 9.73. The number of carbonyl (C=O) groups excluding carboxylic acids is 2. The minimum Gasteiger partial charge on any atom is -0.493 e. The molecule has 2 saturated carbocycles. The number of rotatable bonds is 8. The number of carbonyl (C=O) groups is 3. The van der Waals surface area contributed by atoms with E-state index in [1.807, 2.05) is 6.07 Å². The lowest BCUT2D eigenvalue weighted by molar-refractivity contribution is -0.780. The van der Waals surface area contributed by atoms with Crippen molar-refractivity contribution in [3.05, 3.63) is 65.0 Å². The van der Waals surface area contributed by atoms with Crippen LogP contribution in [0.1, 0.15) is 92.6 Å². The average molecular weight is 553 g/mol. The SMILES string of the molecule is CC1(C)CCC(COc2cc(F)c(C(=O)[N+]3(C(=O)OCc4ccccc4)CCC[C@H]3C(=O)O)cc2C2CC2)CC1. The maximum Gasteiger partial charge on any atom is 0.524 e. The number of nitrogens with zero attached hydrogens (tertiary/aromatic N) is 1. The molecule has 0 aromatic heterocycles. The Bertz CT molecular complexity index is 1260. The first-order valence-electron chi connectivity index (χ1n) is 14.4. The molecule has 1 aliphatic heterocycles. The van der Waals surface area contributed by atoms with E-state index in [2.05, 4.69) is 13.8 Å². The van der Waals surface area contributed by atoms with Crippen molar-refractivity contribution in [2.45, 2.75) is 83.8 Å². The van der Waals surface area contributed by atoms with E-state index in [0.29, 0.717) is 35.7 Å².